The van der Waals surface area contributed by atoms with E-state index in [9.17, 15) is 9.90 Å². The number of rotatable bonds is 6. The first-order valence-electron chi connectivity index (χ1n) is 5.76. The summed E-state index contributed by atoms with van der Waals surface area (Å²) < 4.78 is 4.74. The SMILES string of the molecule is COCC(=O)NCc1ccc([C@@H](O)c2cccs2)s1. The molecule has 6 heteroatoms. The first-order valence-corrected chi connectivity index (χ1v) is 7.46. The molecule has 0 aliphatic heterocycles. The van der Waals surface area contributed by atoms with E-state index in [0.717, 1.165) is 14.6 Å². The predicted octanol–water partition coefficient (Wildman–Crippen LogP) is 2.15. The predicted molar refractivity (Wildman–Crippen MR) is 76.4 cm³/mol. The van der Waals surface area contributed by atoms with Crippen LogP contribution in [0, 0.1) is 0 Å². The Bertz CT molecular complexity index is 522. The van der Waals surface area contributed by atoms with Crippen molar-refractivity contribution >= 4 is 28.6 Å². The maximum absolute atomic E-state index is 11.3. The van der Waals surface area contributed by atoms with Gasteiger partial charge in [0, 0.05) is 21.7 Å². The van der Waals surface area contributed by atoms with Gasteiger partial charge in [0.05, 0.1) is 6.54 Å². The molecule has 0 unspecified atom stereocenters. The van der Waals surface area contributed by atoms with Crippen LogP contribution in [0.3, 0.4) is 0 Å². The van der Waals surface area contributed by atoms with Crippen molar-refractivity contribution in [2.24, 2.45) is 0 Å². The molecule has 0 spiro atoms. The van der Waals surface area contributed by atoms with Gasteiger partial charge in [0.1, 0.15) is 12.7 Å². The van der Waals surface area contributed by atoms with E-state index in [1.807, 2.05) is 29.6 Å². The molecule has 1 amide bonds. The third-order valence-corrected chi connectivity index (χ3v) is 4.56. The lowest BCUT2D eigenvalue weighted by Crippen LogP contribution is -2.26. The van der Waals surface area contributed by atoms with Crippen LogP contribution in [0.2, 0.25) is 0 Å². The molecule has 0 saturated heterocycles. The first kappa shape index (κ1) is 14.2. The summed E-state index contributed by atoms with van der Waals surface area (Å²) in [5.74, 6) is -0.142. The van der Waals surface area contributed by atoms with Gasteiger partial charge < -0.3 is 15.2 Å². The Morgan fingerprint density at radius 3 is 2.95 bits per heavy atom. The fourth-order valence-electron chi connectivity index (χ4n) is 1.59. The summed E-state index contributed by atoms with van der Waals surface area (Å²) >= 11 is 3.03. The van der Waals surface area contributed by atoms with E-state index < -0.39 is 6.10 Å². The summed E-state index contributed by atoms with van der Waals surface area (Å²) in [4.78, 5) is 14.1. The normalized spacial score (nSPS) is 12.3. The Balaban J connectivity index is 1.94. The summed E-state index contributed by atoms with van der Waals surface area (Å²) in [6, 6.07) is 7.65. The third-order valence-electron chi connectivity index (χ3n) is 2.50. The number of thiophene rings is 2. The lowest BCUT2D eigenvalue weighted by Gasteiger charge is -2.05. The average Bonchev–Trinajstić information content (AvgIpc) is 3.07. The Labute approximate surface area is 119 Å². The molecular weight excluding hydrogens is 282 g/mol. The van der Waals surface area contributed by atoms with Gasteiger partial charge >= 0.3 is 0 Å². The van der Waals surface area contributed by atoms with Crippen molar-refractivity contribution in [2.45, 2.75) is 12.6 Å². The van der Waals surface area contributed by atoms with E-state index in [0.29, 0.717) is 6.54 Å². The molecule has 4 nitrogen and oxygen atoms in total. The van der Waals surface area contributed by atoms with Gasteiger partial charge in [0.25, 0.3) is 0 Å². The van der Waals surface area contributed by atoms with Crippen molar-refractivity contribution < 1.29 is 14.6 Å². The Morgan fingerprint density at radius 2 is 2.26 bits per heavy atom. The lowest BCUT2D eigenvalue weighted by molar-refractivity contribution is -0.124. The highest BCUT2D eigenvalue weighted by Gasteiger charge is 2.14. The maximum atomic E-state index is 11.3. The number of hydrogen-bond donors (Lipinski definition) is 2. The minimum Gasteiger partial charge on any atom is -0.382 e. The van der Waals surface area contributed by atoms with Crippen LogP contribution in [0.15, 0.2) is 29.6 Å². The second-order valence-corrected chi connectivity index (χ2v) is 6.11. The zero-order chi connectivity index (χ0) is 13.7. The summed E-state index contributed by atoms with van der Waals surface area (Å²) in [5, 5.41) is 14.9. The fraction of sp³-hybridized carbons (Fsp3) is 0.308. The molecular formula is C13H15NO3S2. The molecule has 2 N–H and O–H groups in total. The van der Waals surface area contributed by atoms with E-state index in [4.69, 9.17) is 4.74 Å². The van der Waals surface area contributed by atoms with E-state index in [-0.39, 0.29) is 12.5 Å². The van der Waals surface area contributed by atoms with E-state index >= 15 is 0 Å². The van der Waals surface area contributed by atoms with Crippen LogP contribution in [0.25, 0.3) is 0 Å². The Hall–Kier alpha value is -1.21. The number of ether oxygens (including phenoxy) is 1. The number of carbonyl (C=O) groups is 1. The van der Waals surface area contributed by atoms with Gasteiger partial charge in [-0.15, -0.1) is 22.7 Å². The molecule has 0 fully saturated rings. The number of methoxy groups -OCH3 is 1. The second kappa shape index (κ2) is 6.81. The number of amides is 1. The van der Waals surface area contributed by atoms with Crippen molar-refractivity contribution in [1.82, 2.24) is 5.32 Å². The molecule has 0 aliphatic rings. The van der Waals surface area contributed by atoms with Gasteiger partial charge in [-0.2, -0.15) is 0 Å². The van der Waals surface area contributed by atoms with Gasteiger partial charge in [0.15, 0.2) is 0 Å². The molecule has 2 aromatic rings. The molecule has 0 saturated carbocycles. The largest absolute Gasteiger partial charge is 0.382 e. The monoisotopic (exact) mass is 297 g/mol. The third kappa shape index (κ3) is 3.87. The van der Waals surface area contributed by atoms with Crippen LogP contribution in [-0.2, 0) is 16.1 Å². The maximum Gasteiger partial charge on any atom is 0.246 e. The molecule has 0 aromatic carbocycles. The van der Waals surface area contributed by atoms with Crippen molar-refractivity contribution in [3.8, 4) is 0 Å². The lowest BCUT2D eigenvalue weighted by atomic mass is 10.2. The van der Waals surface area contributed by atoms with Crippen molar-refractivity contribution in [2.75, 3.05) is 13.7 Å². The van der Waals surface area contributed by atoms with Crippen molar-refractivity contribution in [3.63, 3.8) is 0 Å². The molecule has 0 radical (unpaired) electrons. The highest BCUT2D eigenvalue weighted by molar-refractivity contribution is 7.12. The molecule has 2 rings (SSSR count). The topological polar surface area (TPSA) is 58.6 Å². The number of aliphatic hydroxyl groups is 1. The molecule has 0 aliphatic carbocycles. The summed E-state index contributed by atoms with van der Waals surface area (Å²) in [7, 11) is 1.49. The van der Waals surface area contributed by atoms with Crippen LogP contribution in [0.5, 0.6) is 0 Å². The van der Waals surface area contributed by atoms with Crippen LogP contribution in [0.4, 0.5) is 0 Å². The molecule has 0 bridgehead atoms. The van der Waals surface area contributed by atoms with Crippen LogP contribution >= 0.6 is 22.7 Å². The van der Waals surface area contributed by atoms with Gasteiger partial charge in [0.2, 0.25) is 5.91 Å². The Kier molecular flexibility index (Phi) is 5.09. The highest BCUT2D eigenvalue weighted by atomic mass is 32.1. The van der Waals surface area contributed by atoms with Crippen LogP contribution < -0.4 is 5.32 Å². The zero-order valence-corrected chi connectivity index (χ0v) is 12.1. The molecule has 2 heterocycles. The van der Waals surface area contributed by atoms with E-state index in [2.05, 4.69) is 5.32 Å². The minimum atomic E-state index is -0.576. The highest BCUT2D eigenvalue weighted by Crippen LogP contribution is 2.30. The van der Waals surface area contributed by atoms with Crippen LogP contribution in [0.1, 0.15) is 20.7 Å². The van der Waals surface area contributed by atoms with E-state index in [1.165, 1.54) is 29.8 Å². The van der Waals surface area contributed by atoms with Crippen molar-refractivity contribution in [3.05, 3.63) is 44.3 Å². The molecule has 19 heavy (non-hydrogen) atoms. The number of nitrogens with one attached hydrogen (secondary N) is 1. The molecule has 2 aromatic heterocycles. The quantitative estimate of drug-likeness (QED) is 0.859. The smallest absolute Gasteiger partial charge is 0.246 e. The van der Waals surface area contributed by atoms with Crippen molar-refractivity contribution in [1.29, 1.82) is 0 Å². The minimum absolute atomic E-state index is 0.0655. The molecule has 102 valence electrons. The van der Waals surface area contributed by atoms with Gasteiger partial charge in [-0.1, -0.05) is 6.07 Å². The Morgan fingerprint density at radius 1 is 1.42 bits per heavy atom. The average molecular weight is 297 g/mol. The zero-order valence-electron chi connectivity index (χ0n) is 10.5. The van der Waals surface area contributed by atoms with E-state index in [1.54, 1.807) is 0 Å². The number of carbonyl (C=O) groups excluding carboxylic acids is 1. The second-order valence-electron chi connectivity index (χ2n) is 3.93. The van der Waals surface area contributed by atoms with Gasteiger partial charge in [-0.3, -0.25) is 4.79 Å². The summed E-state index contributed by atoms with van der Waals surface area (Å²) in [5.41, 5.74) is 0. The van der Waals surface area contributed by atoms with Gasteiger partial charge in [-0.25, -0.2) is 0 Å². The number of hydrogen-bond acceptors (Lipinski definition) is 5. The standard InChI is InChI=1S/C13H15NO3S2/c1-17-8-12(15)14-7-9-4-5-11(19-9)13(16)10-3-2-6-18-10/h2-6,13,16H,7-8H2,1H3,(H,14,15)/t13-/m0/s1. The summed E-state index contributed by atoms with van der Waals surface area (Å²) in [6.45, 7) is 0.528. The first-order chi connectivity index (χ1) is 9.20. The fourth-order valence-corrected chi connectivity index (χ4v) is 3.35. The molecule has 1 atom stereocenters. The van der Waals surface area contributed by atoms with Gasteiger partial charge in [-0.05, 0) is 23.6 Å². The summed E-state index contributed by atoms with van der Waals surface area (Å²) in [6.07, 6.45) is -0.576. The van der Waals surface area contributed by atoms with Crippen LogP contribution in [-0.4, -0.2) is 24.7 Å². The number of aliphatic hydroxyl groups excluding tert-OH is 1.